The van der Waals surface area contributed by atoms with Crippen molar-refractivity contribution in [2.75, 3.05) is 6.54 Å². The quantitative estimate of drug-likeness (QED) is 0.808. The fourth-order valence-electron chi connectivity index (χ4n) is 3.62. The van der Waals surface area contributed by atoms with E-state index < -0.39 is 0 Å². The van der Waals surface area contributed by atoms with E-state index in [9.17, 15) is 0 Å². The van der Waals surface area contributed by atoms with Gasteiger partial charge in [0.15, 0.2) is 0 Å². The van der Waals surface area contributed by atoms with Crippen LogP contribution in [0.4, 0.5) is 0 Å². The van der Waals surface area contributed by atoms with Gasteiger partial charge in [-0.15, -0.1) is 0 Å². The molecule has 2 aliphatic heterocycles. The normalized spacial score (nSPS) is 23.4. The van der Waals surface area contributed by atoms with Gasteiger partial charge in [-0.3, -0.25) is 0 Å². The first-order valence-corrected chi connectivity index (χ1v) is 7.27. The van der Waals surface area contributed by atoms with Crippen LogP contribution in [0.1, 0.15) is 42.9 Å². The minimum atomic E-state index is 0.588. The number of aryl methyl sites for hydroxylation is 2. The van der Waals surface area contributed by atoms with Crippen molar-refractivity contribution in [3.05, 3.63) is 35.5 Å². The summed E-state index contributed by atoms with van der Waals surface area (Å²) in [5, 5.41) is 5.11. The van der Waals surface area contributed by atoms with E-state index in [2.05, 4.69) is 34.3 Å². The van der Waals surface area contributed by atoms with E-state index in [4.69, 9.17) is 0 Å². The van der Waals surface area contributed by atoms with Gasteiger partial charge in [-0.1, -0.05) is 12.5 Å². The fraction of sp³-hybridized carbons (Fsp3) is 0.500. The summed E-state index contributed by atoms with van der Waals surface area (Å²) in [6.07, 6.45) is 8.80. The van der Waals surface area contributed by atoms with Crippen LogP contribution in [0.5, 0.6) is 0 Å². The molecule has 1 saturated heterocycles. The third-order valence-electron chi connectivity index (χ3n) is 4.52. The van der Waals surface area contributed by atoms with Gasteiger partial charge >= 0.3 is 0 Å². The third kappa shape index (κ3) is 1.59. The molecule has 2 aromatic rings. The van der Waals surface area contributed by atoms with E-state index in [0.29, 0.717) is 6.04 Å². The molecule has 0 bridgehead atoms. The second-order valence-corrected chi connectivity index (χ2v) is 5.73. The van der Waals surface area contributed by atoms with Crippen molar-refractivity contribution in [3.63, 3.8) is 0 Å². The van der Waals surface area contributed by atoms with Crippen molar-refractivity contribution in [3.8, 4) is 0 Å². The van der Waals surface area contributed by atoms with Crippen molar-refractivity contribution < 1.29 is 0 Å². The second-order valence-electron chi connectivity index (χ2n) is 5.73. The lowest BCUT2D eigenvalue weighted by molar-refractivity contribution is 0.412. The molecule has 3 heterocycles. The monoisotopic (exact) mass is 240 g/mol. The number of hydrogen-bond donors (Lipinski definition) is 1. The molecule has 1 unspecified atom stereocenters. The fourth-order valence-corrected chi connectivity index (χ4v) is 3.62. The zero-order valence-electron chi connectivity index (χ0n) is 10.8. The Morgan fingerprint density at radius 1 is 1.17 bits per heavy atom. The van der Waals surface area contributed by atoms with Crippen LogP contribution < -0.4 is 5.32 Å². The smallest absolute Gasteiger partial charge is 0.0513 e. The molecule has 0 saturated carbocycles. The highest BCUT2D eigenvalue weighted by molar-refractivity contribution is 5.85. The SMILES string of the molecule is c1c(C2CCCCN2)cc2ccn3c2c1CCC3. The van der Waals surface area contributed by atoms with Crippen LogP contribution in [0.25, 0.3) is 10.9 Å². The van der Waals surface area contributed by atoms with Gasteiger partial charge in [-0.05, 0) is 55.5 Å². The van der Waals surface area contributed by atoms with E-state index in [0.717, 1.165) is 0 Å². The summed E-state index contributed by atoms with van der Waals surface area (Å²) in [6.45, 7) is 2.37. The summed E-state index contributed by atoms with van der Waals surface area (Å²) in [4.78, 5) is 0. The Morgan fingerprint density at radius 2 is 2.17 bits per heavy atom. The maximum Gasteiger partial charge on any atom is 0.0513 e. The Morgan fingerprint density at radius 3 is 3.06 bits per heavy atom. The Balaban J connectivity index is 1.82. The molecule has 1 fully saturated rings. The zero-order valence-corrected chi connectivity index (χ0v) is 10.8. The number of benzene rings is 1. The molecule has 18 heavy (non-hydrogen) atoms. The van der Waals surface area contributed by atoms with Gasteiger partial charge in [0.05, 0.1) is 5.52 Å². The first kappa shape index (κ1) is 10.6. The number of nitrogens with zero attached hydrogens (tertiary/aromatic N) is 1. The molecule has 2 aliphatic rings. The molecule has 94 valence electrons. The number of aromatic nitrogens is 1. The maximum atomic E-state index is 3.67. The molecule has 0 spiro atoms. The number of hydrogen-bond acceptors (Lipinski definition) is 1. The van der Waals surface area contributed by atoms with Gasteiger partial charge in [0.2, 0.25) is 0 Å². The molecular formula is C16H20N2. The van der Waals surface area contributed by atoms with Crippen LogP contribution in [0.15, 0.2) is 24.4 Å². The van der Waals surface area contributed by atoms with Crippen molar-refractivity contribution in [1.29, 1.82) is 0 Å². The Labute approximate surface area is 108 Å². The van der Waals surface area contributed by atoms with Crippen molar-refractivity contribution in [2.24, 2.45) is 0 Å². The number of nitrogens with one attached hydrogen (secondary N) is 1. The van der Waals surface area contributed by atoms with E-state index >= 15 is 0 Å². The van der Waals surface area contributed by atoms with Crippen molar-refractivity contribution in [1.82, 2.24) is 9.88 Å². The lowest BCUT2D eigenvalue weighted by Crippen LogP contribution is -2.26. The van der Waals surface area contributed by atoms with E-state index in [-0.39, 0.29) is 0 Å². The topological polar surface area (TPSA) is 17.0 Å². The van der Waals surface area contributed by atoms with Gasteiger partial charge in [0, 0.05) is 24.2 Å². The van der Waals surface area contributed by atoms with E-state index in [1.165, 1.54) is 61.7 Å². The number of piperidine rings is 1. The van der Waals surface area contributed by atoms with Crippen molar-refractivity contribution in [2.45, 2.75) is 44.7 Å². The first-order valence-electron chi connectivity index (χ1n) is 7.27. The summed E-state index contributed by atoms with van der Waals surface area (Å²) in [7, 11) is 0. The molecule has 2 heteroatoms. The molecular weight excluding hydrogens is 220 g/mol. The van der Waals surface area contributed by atoms with Crippen LogP contribution in [0, 0.1) is 0 Å². The van der Waals surface area contributed by atoms with Crippen LogP contribution in [-0.4, -0.2) is 11.1 Å². The minimum absolute atomic E-state index is 0.588. The summed E-state index contributed by atoms with van der Waals surface area (Å²) >= 11 is 0. The van der Waals surface area contributed by atoms with E-state index in [1.54, 1.807) is 5.56 Å². The largest absolute Gasteiger partial charge is 0.347 e. The summed E-state index contributed by atoms with van der Waals surface area (Å²) < 4.78 is 2.42. The van der Waals surface area contributed by atoms with Crippen LogP contribution >= 0.6 is 0 Å². The predicted molar refractivity (Wildman–Crippen MR) is 74.9 cm³/mol. The highest BCUT2D eigenvalue weighted by atomic mass is 15.0. The molecule has 2 nitrogen and oxygen atoms in total. The summed E-state index contributed by atoms with van der Waals surface area (Å²) in [5.74, 6) is 0. The Kier molecular flexibility index (Phi) is 2.44. The van der Waals surface area contributed by atoms with Crippen LogP contribution in [-0.2, 0) is 13.0 Å². The van der Waals surface area contributed by atoms with Gasteiger partial charge in [0.25, 0.3) is 0 Å². The lowest BCUT2D eigenvalue weighted by atomic mass is 9.93. The highest BCUT2D eigenvalue weighted by Gasteiger charge is 2.19. The Bertz CT molecular complexity index is 576. The summed E-state index contributed by atoms with van der Waals surface area (Å²) in [6, 6.07) is 7.74. The van der Waals surface area contributed by atoms with Gasteiger partial charge < -0.3 is 9.88 Å². The minimum Gasteiger partial charge on any atom is -0.347 e. The van der Waals surface area contributed by atoms with E-state index in [1.807, 2.05) is 0 Å². The van der Waals surface area contributed by atoms with Crippen molar-refractivity contribution >= 4 is 10.9 Å². The number of rotatable bonds is 1. The van der Waals surface area contributed by atoms with Gasteiger partial charge in [-0.2, -0.15) is 0 Å². The standard InChI is InChI=1S/C16H20N2/c1-2-7-17-15(5-1)14-10-12-4-3-8-18-9-6-13(11-14)16(12)18/h6,9-11,15,17H,1-5,7-8H2. The average molecular weight is 240 g/mol. The van der Waals surface area contributed by atoms with Gasteiger partial charge in [0.1, 0.15) is 0 Å². The van der Waals surface area contributed by atoms with Gasteiger partial charge in [-0.25, -0.2) is 0 Å². The Hall–Kier alpha value is -1.28. The molecule has 0 aliphatic carbocycles. The molecule has 4 rings (SSSR count). The molecule has 1 aromatic carbocycles. The predicted octanol–water partition coefficient (Wildman–Crippen LogP) is 3.40. The zero-order chi connectivity index (χ0) is 11.9. The molecule has 1 aromatic heterocycles. The van der Waals surface area contributed by atoms with Crippen LogP contribution in [0.3, 0.4) is 0 Å². The molecule has 1 atom stereocenters. The average Bonchev–Trinajstić information content (AvgIpc) is 2.85. The van der Waals surface area contributed by atoms with Crippen LogP contribution in [0.2, 0.25) is 0 Å². The third-order valence-corrected chi connectivity index (χ3v) is 4.52. The molecule has 0 radical (unpaired) electrons. The highest BCUT2D eigenvalue weighted by Crippen LogP contribution is 2.32. The summed E-state index contributed by atoms with van der Waals surface area (Å²) in [5.41, 5.74) is 4.56. The molecule has 0 amide bonds. The first-order chi connectivity index (χ1) is 8.92. The maximum absolute atomic E-state index is 3.67. The molecule has 1 N–H and O–H groups in total. The lowest BCUT2D eigenvalue weighted by Gasteiger charge is -2.25. The second kappa shape index (κ2) is 4.13.